The molecule has 0 saturated carbocycles. The average molecular weight is 490 g/mol. The van der Waals surface area contributed by atoms with Crippen LogP contribution in [0.15, 0.2) is 108 Å². The number of amides is 1. The number of carbonyl (C=O) groups excluding carboxylic acids is 1. The van der Waals surface area contributed by atoms with E-state index in [1.165, 1.54) is 12.1 Å². The van der Waals surface area contributed by atoms with E-state index in [1.807, 2.05) is 54.6 Å². The van der Waals surface area contributed by atoms with Gasteiger partial charge in [-0.2, -0.15) is 0 Å². The van der Waals surface area contributed by atoms with Gasteiger partial charge in [-0.3, -0.25) is 9.52 Å². The second kappa shape index (κ2) is 10.4. The van der Waals surface area contributed by atoms with Gasteiger partial charge in [-0.1, -0.05) is 48.5 Å². The van der Waals surface area contributed by atoms with Crippen LogP contribution in [0.3, 0.4) is 0 Å². The fourth-order valence-electron chi connectivity index (χ4n) is 3.48. The van der Waals surface area contributed by atoms with Gasteiger partial charge in [-0.15, -0.1) is 0 Å². The molecule has 3 N–H and O–H groups in total. The Labute approximate surface area is 203 Å². The van der Waals surface area contributed by atoms with Crippen molar-refractivity contribution in [3.05, 3.63) is 109 Å². The molecule has 0 aliphatic heterocycles. The summed E-state index contributed by atoms with van der Waals surface area (Å²) in [4.78, 5) is 12.8. The minimum Gasteiger partial charge on any atom is -0.374 e. The van der Waals surface area contributed by atoms with E-state index >= 15 is 0 Å². The van der Waals surface area contributed by atoms with Crippen molar-refractivity contribution < 1.29 is 17.6 Å². The quantitative estimate of drug-likeness (QED) is 0.295. The molecular weight excluding hydrogens is 465 g/mol. The molecule has 1 amide bonds. The number of hydrogen-bond donors (Lipinski definition) is 3. The van der Waals surface area contributed by atoms with Gasteiger partial charge < -0.3 is 10.6 Å². The van der Waals surface area contributed by atoms with Crippen molar-refractivity contribution in [2.75, 3.05) is 15.4 Å². The normalized spacial score (nSPS) is 11.9. The molecule has 1 atom stereocenters. The first-order chi connectivity index (χ1) is 16.8. The Morgan fingerprint density at radius 2 is 1.37 bits per heavy atom. The van der Waals surface area contributed by atoms with Crippen LogP contribution in [0.2, 0.25) is 0 Å². The third-order valence-electron chi connectivity index (χ3n) is 5.31. The molecule has 0 radical (unpaired) electrons. The number of halogens is 1. The molecule has 6 nitrogen and oxygen atoms in total. The molecule has 35 heavy (non-hydrogen) atoms. The van der Waals surface area contributed by atoms with E-state index in [4.69, 9.17) is 0 Å². The van der Waals surface area contributed by atoms with Gasteiger partial charge in [0, 0.05) is 22.6 Å². The largest absolute Gasteiger partial charge is 0.374 e. The van der Waals surface area contributed by atoms with E-state index < -0.39 is 21.9 Å². The van der Waals surface area contributed by atoms with Crippen LogP contribution >= 0.6 is 0 Å². The molecule has 0 aromatic heterocycles. The molecule has 0 aliphatic carbocycles. The summed E-state index contributed by atoms with van der Waals surface area (Å²) >= 11 is 0. The summed E-state index contributed by atoms with van der Waals surface area (Å²) in [5.74, 6) is -0.726. The summed E-state index contributed by atoms with van der Waals surface area (Å²) in [5, 5.41) is 6.09. The lowest BCUT2D eigenvalue weighted by molar-refractivity contribution is -0.116. The Kier molecular flexibility index (Phi) is 7.12. The zero-order chi connectivity index (χ0) is 24.8. The van der Waals surface area contributed by atoms with Crippen LogP contribution in [0, 0.1) is 5.82 Å². The number of anilines is 3. The number of nitrogens with one attached hydrogen (secondary N) is 3. The van der Waals surface area contributed by atoms with Crippen LogP contribution in [-0.4, -0.2) is 20.4 Å². The highest BCUT2D eigenvalue weighted by Crippen LogP contribution is 2.28. The maximum atomic E-state index is 13.1. The highest BCUT2D eigenvalue weighted by atomic mass is 32.2. The Morgan fingerprint density at radius 1 is 0.771 bits per heavy atom. The number of para-hydroxylation sites is 1. The zero-order valence-corrected chi connectivity index (χ0v) is 19.7. The third kappa shape index (κ3) is 6.04. The van der Waals surface area contributed by atoms with Crippen molar-refractivity contribution in [1.82, 2.24) is 0 Å². The summed E-state index contributed by atoms with van der Waals surface area (Å²) in [6.45, 7) is 1.74. The monoisotopic (exact) mass is 489 g/mol. The zero-order valence-electron chi connectivity index (χ0n) is 18.9. The Hall–Kier alpha value is -4.17. The standard InChI is InChI=1S/C27H24FN3O3S/c1-19(27(32)30-26-10-6-5-9-25(26)20-7-3-2-4-8-20)29-22-13-15-23(16-14-22)31-35(33,34)24-17-11-21(28)12-18-24/h2-19,29,31H,1H3,(H,30,32)/t19-/m0/s1. The molecule has 4 aromatic rings. The Bertz CT molecular complexity index is 1410. The Morgan fingerprint density at radius 3 is 2.06 bits per heavy atom. The maximum absolute atomic E-state index is 13.1. The van der Waals surface area contributed by atoms with E-state index in [9.17, 15) is 17.6 Å². The van der Waals surface area contributed by atoms with Gasteiger partial charge in [-0.05, 0) is 67.1 Å². The minimum atomic E-state index is -3.84. The lowest BCUT2D eigenvalue weighted by atomic mass is 10.0. The summed E-state index contributed by atoms with van der Waals surface area (Å²) < 4.78 is 40.5. The van der Waals surface area contributed by atoms with Gasteiger partial charge in [0.1, 0.15) is 11.9 Å². The number of benzene rings is 4. The topological polar surface area (TPSA) is 87.3 Å². The lowest BCUT2D eigenvalue weighted by Crippen LogP contribution is -2.32. The number of hydrogen-bond acceptors (Lipinski definition) is 4. The number of carbonyl (C=O) groups is 1. The molecule has 0 fully saturated rings. The number of sulfonamides is 1. The van der Waals surface area contributed by atoms with Gasteiger partial charge in [0.25, 0.3) is 10.0 Å². The smallest absolute Gasteiger partial charge is 0.261 e. The second-order valence-electron chi connectivity index (χ2n) is 7.90. The predicted molar refractivity (Wildman–Crippen MR) is 137 cm³/mol. The summed E-state index contributed by atoms with van der Waals surface area (Å²) in [7, 11) is -3.84. The minimum absolute atomic E-state index is 0.0396. The van der Waals surface area contributed by atoms with E-state index in [-0.39, 0.29) is 10.8 Å². The fraction of sp³-hybridized carbons (Fsp3) is 0.0741. The maximum Gasteiger partial charge on any atom is 0.261 e. The summed E-state index contributed by atoms with van der Waals surface area (Å²) in [6.07, 6.45) is 0. The third-order valence-corrected chi connectivity index (χ3v) is 6.70. The molecule has 0 unspecified atom stereocenters. The van der Waals surface area contributed by atoms with Crippen LogP contribution in [-0.2, 0) is 14.8 Å². The molecule has 0 heterocycles. The molecule has 0 saturated heterocycles. The molecule has 0 spiro atoms. The van der Waals surface area contributed by atoms with Crippen molar-refractivity contribution >= 4 is 33.0 Å². The van der Waals surface area contributed by atoms with Crippen LogP contribution in [0.1, 0.15) is 6.92 Å². The van der Waals surface area contributed by atoms with Gasteiger partial charge >= 0.3 is 0 Å². The van der Waals surface area contributed by atoms with Crippen LogP contribution < -0.4 is 15.4 Å². The number of rotatable bonds is 8. The van der Waals surface area contributed by atoms with E-state index in [0.717, 1.165) is 23.3 Å². The first-order valence-corrected chi connectivity index (χ1v) is 12.4. The van der Waals surface area contributed by atoms with Crippen molar-refractivity contribution in [3.63, 3.8) is 0 Å². The first kappa shape index (κ1) is 24.0. The van der Waals surface area contributed by atoms with E-state index in [0.29, 0.717) is 17.1 Å². The molecule has 4 aromatic carbocycles. The Balaban J connectivity index is 1.40. The van der Waals surface area contributed by atoms with Crippen LogP contribution in [0.4, 0.5) is 21.5 Å². The van der Waals surface area contributed by atoms with Crippen molar-refractivity contribution in [2.45, 2.75) is 17.9 Å². The highest BCUT2D eigenvalue weighted by Gasteiger charge is 2.16. The van der Waals surface area contributed by atoms with Crippen molar-refractivity contribution in [2.24, 2.45) is 0 Å². The summed E-state index contributed by atoms with van der Waals surface area (Å²) in [6, 6.07) is 27.9. The van der Waals surface area contributed by atoms with Gasteiger partial charge in [0.05, 0.1) is 4.90 Å². The van der Waals surface area contributed by atoms with Gasteiger partial charge in [-0.25, -0.2) is 12.8 Å². The molecule has 0 aliphatic rings. The van der Waals surface area contributed by atoms with Crippen molar-refractivity contribution in [1.29, 1.82) is 0 Å². The van der Waals surface area contributed by atoms with E-state index in [1.54, 1.807) is 31.2 Å². The van der Waals surface area contributed by atoms with Crippen molar-refractivity contribution in [3.8, 4) is 11.1 Å². The molecule has 4 rings (SSSR count). The molecule has 0 bridgehead atoms. The van der Waals surface area contributed by atoms with Gasteiger partial charge in [0.2, 0.25) is 5.91 Å². The average Bonchev–Trinajstić information content (AvgIpc) is 2.86. The SMILES string of the molecule is C[C@H](Nc1ccc(NS(=O)(=O)c2ccc(F)cc2)cc1)C(=O)Nc1ccccc1-c1ccccc1. The van der Waals surface area contributed by atoms with Crippen LogP contribution in [0.5, 0.6) is 0 Å². The predicted octanol–water partition coefficient (Wildman–Crippen LogP) is 5.73. The molecular formula is C27H24FN3O3S. The highest BCUT2D eigenvalue weighted by molar-refractivity contribution is 7.92. The lowest BCUT2D eigenvalue weighted by Gasteiger charge is -2.17. The fourth-order valence-corrected chi connectivity index (χ4v) is 4.54. The summed E-state index contributed by atoms with van der Waals surface area (Å²) in [5.41, 5.74) is 3.62. The van der Waals surface area contributed by atoms with Crippen LogP contribution in [0.25, 0.3) is 11.1 Å². The van der Waals surface area contributed by atoms with E-state index in [2.05, 4.69) is 15.4 Å². The first-order valence-electron chi connectivity index (χ1n) is 10.9. The molecule has 8 heteroatoms. The van der Waals surface area contributed by atoms with Gasteiger partial charge in [0.15, 0.2) is 0 Å². The second-order valence-corrected chi connectivity index (χ2v) is 9.59. The molecule has 178 valence electrons.